The van der Waals surface area contributed by atoms with Gasteiger partial charge in [0.05, 0.1) is 30.3 Å². The van der Waals surface area contributed by atoms with Crippen LogP contribution in [0.4, 0.5) is 0 Å². The molecule has 0 saturated carbocycles. The molecule has 0 radical (unpaired) electrons. The molecule has 2 aliphatic rings. The molecule has 1 fully saturated rings. The highest BCUT2D eigenvalue weighted by Crippen LogP contribution is 2.40. The standard InChI is InChI=1S/C22H24Cl2N2O4.CH4/c1-3-13-8-12(2)25-21(27)16(13)10-26-6-4-15-17(23)9-18(20(24)19(15)22(26)28)30-14-5-7-29-11-14;/h8-9,14H,3-7,10-11H2,1-2H3,(H,25,27);1H4/t14-;/m1./s1. The number of hydrogen-bond donors (Lipinski definition) is 1. The van der Waals surface area contributed by atoms with E-state index in [4.69, 9.17) is 32.7 Å². The third-order valence-electron chi connectivity index (χ3n) is 5.69. The zero-order valence-corrected chi connectivity index (χ0v) is 18.5. The molecule has 1 aromatic carbocycles. The van der Waals surface area contributed by atoms with Gasteiger partial charge in [-0.15, -0.1) is 0 Å². The number of ether oxygens (including phenoxy) is 2. The fourth-order valence-electron chi connectivity index (χ4n) is 4.10. The van der Waals surface area contributed by atoms with E-state index in [0.29, 0.717) is 54.5 Å². The van der Waals surface area contributed by atoms with Gasteiger partial charge in [-0.1, -0.05) is 37.6 Å². The SMILES string of the molecule is C.CCc1cc(C)[nH]c(=O)c1CN1CCc2c(Cl)cc(O[C@@H]3CCOC3)c(Cl)c2C1=O. The minimum atomic E-state index is -0.238. The van der Waals surface area contributed by atoms with Crippen molar-refractivity contribution in [1.29, 1.82) is 0 Å². The van der Waals surface area contributed by atoms with Crippen molar-refractivity contribution >= 4 is 29.1 Å². The monoisotopic (exact) mass is 466 g/mol. The summed E-state index contributed by atoms with van der Waals surface area (Å²) in [6.07, 6.45) is 1.94. The maximum absolute atomic E-state index is 13.4. The van der Waals surface area contributed by atoms with Crippen molar-refractivity contribution in [2.45, 2.75) is 53.2 Å². The van der Waals surface area contributed by atoms with E-state index in [-0.39, 0.29) is 36.6 Å². The average molecular weight is 467 g/mol. The molecule has 6 nitrogen and oxygen atoms in total. The molecule has 0 unspecified atom stereocenters. The molecule has 1 saturated heterocycles. The molecule has 3 heterocycles. The number of aryl methyl sites for hydroxylation is 2. The summed E-state index contributed by atoms with van der Waals surface area (Å²) in [6, 6.07) is 3.64. The number of halogens is 2. The molecular weight excluding hydrogens is 439 g/mol. The third kappa shape index (κ3) is 4.61. The van der Waals surface area contributed by atoms with Crippen LogP contribution in [0.15, 0.2) is 16.9 Å². The number of hydrogen-bond acceptors (Lipinski definition) is 4. The first kappa shape index (κ1) is 23.6. The van der Waals surface area contributed by atoms with Crippen molar-refractivity contribution in [3.63, 3.8) is 0 Å². The number of nitrogens with zero attached hydrogens (tertiary/aromatic N) is 1. The highest BCUT2D eigenvalue weighted by atomic mass is 35.5. The summed E-state index contributed by atoms with van der Waals surface area (Å²) in [5.41, 5.74) is 3.30. The van der Waals surface area contributed by atoms with Gasteiger partial charge < -0.3 is 19.4 Å². The first-order chi connectivity index (χ1) is 14.4. The fraction of sp³-hybridized carbons (Fsp3) is 0.478. The van der Waals surface area contributed by atoms with Crippen LogP contribution in [0.3, 0.4) is 0 Å². The number of amides is 1. The normalized spacial score (nSPS) is 18.0. The first-order valence-electron chi connectivity index (χ1n) is 10.1. The van der Waals surface area contributed by atoms with Gasteiger partial charge >= 0.3 is 0 Å². The average Bonchev–Trinajstić information content (AvgIpc) is 3.22. The van der Waals surface area contributed by atoms with E-state index in [2.05, 4.69) is 4.98 Å². The number of pyridine rings is 1. The summed E-state index contributed by atoms with van der Waals surface area (Å²) in [4.78, 5) is 30.4. The summed E-state index contributed by atoms with van der Waals surface area (Å²) in [5.74, 6) is 0.159. The lowest BCUT2D eigenvalue weighted by molar-refractivity contribution is 0.0725. The van der Waals surface area contributed by atoms with Gasteiger partial charge in [-0.05, 0) is 37.0 Å². The van der Waals surface area contributed by atoms with E-state index in [0.717, 1.165) is 23.2 Å². The molecule has 0 aliphatic carbocycles. The number of benzene rings is 1. The predicted molar refractivity (Wildman–Crippen MR) is 123 cm³/mol. The van der Waals surface area contributed by atoms with Gasteiger partial charge in [0.15, 0.2) is 0 Å². The maximum atomic E-state index is 13.4. The minimum absolute atomic E-state index is 0. The quantitative estimate of drug-likeness (QED) is 0.700. The fourth-order valence-corrected chi connectivity index (χ4v) is 4.68. The summed E-state index contributed by atoms with van der Waals surface area (Å²) < 4.78 is 11.3. The van der Waals surface area contributed by atoms with Crippen LogP contribution >= 0.6 is 23.2 Å². The van der Waals surface area contributed by atoms with Crippen molar-refractivity contribution < 1.29 is 14.3 Å². The lowest BCUT2D eigenvalue weighted by Crippen LogP contribution is -2.39. The lowest BCUT2D eigenvalue weighted by Gasteiger charge is -2.31. The Balaban J connectivity index is 0.00000272. The van der Waals surface area contributed by atoms with Crippen molar-refractivity contribution in [2.75, 3.05) is 19.8 Å². The zero-order valence-electron chi connectivity index (χ0n) is 17.0. The Labute approximate surface area is 192 Å². The number of aromatic nitrogens is 1. The summed E-state index contributed by atoms with van der Waals surface area (Å²) in [7, 11) is 0. The molecule has 2 aromatic rings. The van der Waals surface area contributed by atoms with Gasteiger partial charge in [0.25, 0.3) is 11.5 Å². The molecule has 1 N–H and O–H groups in total. The zero-order chi connectivity index (χ0) is 21.4. The molecule has 31 heavy (non-hydrogen) atoms. The Kier molecular flexibility index (Phi) is 7.35. The van der Waals surface area contributed by atoms with Gasteiger partial charge in [-0.2, -0.15) is 0 Å². The summed E-state index contributed by atoms with van der Waals surface area (Å²) >= 11 is 13.1. The van der Waals surface area contributed by atoms with Crippen molar-refractivity contribution in [1.82, 2.24) is 9.88 Å². The molecule has 4 rings (SSSR count). The number of aromatic amines is 1. The van der Waals surface area contributed by atoms with Crippen LogP contribution in [0.1, 0.15) is 53.5 Å². The number of carbonyl (C=O) groups is 1. The second-order valence-electron chi connectivity index (χ2n) is 7.74. The molecule has 0 spiro atoms. The second-order valence-corrected chi connectivity index (χ2v) is 8.53. The van der Waals surface area contributed by atoms with Gasteiger partial charge in [0.1, 0.15) is 11.9 Å². The Hall–Kier alpha value is -2.02. The minimum Gasteiger partial charge on any atom is -0.486 e. The summed E-state index contributed by atoms with van der Waals surface area (Å²) in [5, 5.41) is 0.739. The molecule has 1 atom stereocenters. The Morgan fingerprint density at radius 3 is 2.74 bits per heavy atom. The van der Waals surface area contributed by atoms with Crippen LogP contribution in [0.25, 0.3) is 0 Å². The number of H-pyrrole nitrogens is 1. The number of nitrogens with one attached hydrogen (secondary N) is 1. The van der Waals surface area contributed by atoms with E-state index >= 15 is 0 Å². The summed E-state index contributed by atoms with van der Waals surface area (Å²) in [6.45, 7) is 5.67. The van der Waals surface area contributed by atoms with E-state index in [1.54, 1.807) is 11.0 Å². The van der Waals surface area contributed by atoms with Gasteiger partial charge in [0, 0.05) is 35.3 Å². The molecule has 1 amide bonds. The van der Waals surface area contributed by atoms with Crippen molar-refractivity contribution in [2.24, 2.45) is 0 Å². The smallest absolute Gasteiger partial charge is 0.256 e. The molecule has 1 aromatic heterocycles. The van der Waals surface area contributed by atoms with Crippen LogP contribution in [-0.4, -0.2) is 41.7 Å². The Bertz CT molecular complexity index is 1040. The largest absolute Gasteiger partial charge is 0.486 e. The highest BCUT2D eigenvalue weighted by Gasteiger charge is 2.32. The number of rotatable bonds is 5. The van der Waals surface area contributed by atoms with Crippen LogP contribution < -0.4 is 10.3 Å². The first-order valence-corrected chi connectivity index (χ1v) is 10.9. The molecule has 0 bridgehead atoms. The Morgan fingerprint density at radius 2 is 2.06 bits per heavy atom. The van der Waals surface area contributed by atoms with Crippen LogP contribution in [-0.2, 0) is 24.1 Å². The maximum Gasteiger partial charge on any atom is 0.256 e. The van der Waals surface area contributed by atoms with Crippen LogP contribution in [0.2, 0.25) is 10.0 Å². The predicted octanol–water partition coefficient (Wildman–Crippen LogP) is 4.55. The van der Waals surface area contributed by atoms with Gasteiger partial charge in [0.2, 0.25) is 0 Å². The van der Waals surface area contributed by atoms with E-state index in [1.807, 2.05) is 19.9 Å². The third-order valence-corrected chi connectivity index (χ3v) is 6.40. The molecular formula is C23H28Cl2N2O4. The van der Waals surface area contributed by atoms with Crippen molar-refractivity contribution in [3.8, 4) is 5.75 Å². The van der Waals surface area contributed by atoms with Crippen LogP contribution in [0.5, 0.6) is 5.75 Å². The van der Waals surface area contributed by atoms with E-state index in [1.165, 1.54) is 0 Å². The second kappa shape index (κ2) is 9.63. The van der Waals surface area contributed by atoms with E-state index < -0.39 is 0 Å². The van der Waals surface area contributed by atoms with E-state index in [9.17, 15) is 9.59 Å². The molecule has 168 valence electrons. The van der Waals surface area contributed by atoms with Crippen LogP contribution in [0, 0.1) is 6.92 Å². The van der Waals surface area contributed by atoms with Crippen molar-refractivity contribution in [3.05, 3.63) is 60.5 Å². The Morgan fingerprint density at radius 1 is 1.29 bits per heavy atom. The molecule has 8 heteroatoms. The highest BCUT2D eigenvalue weighted by molar-refractivity contribution is 6.38. The lowest BCUT2D eigenvalue weighted by atomic mass is 9.97. The van der Waals surface area contributed by atoms with Gasteiger partial charge in [-0.25, -0.2) is 0 Å². The topological polar surface area (TPSA) is 71.6 Å². The number of carbonyl (C=O) groups excluding carboxylic acids is 1. The molecule has 2 aliphatic heterocycles. The van der Waals surface area contributed by atoms with Gasteiger partial charge in [-0.3, -0.25) is 9.59 Å². The number of fused-ring (bicyclic) bond motifs is 1.